The molecule has 0 aliphatic rings. The standard InChI is InChI=1S/C17H26N2O2/c1-4-12-18(13-5-2)17(21)11-14-19(15(3)20)16-9-7-6-8-10-16/h6-10H,4-5,11-14H2,1-3H3. The highest BCUT2D eigenvalue weighted by Gasteiger charge is 2.16. The van der Waals surface area contributed by atoms with Crippen molar-refractivity contribution >= 4 is 17.5 Å². The molecule has 4 heteroatoms. The molecule has 0 saturated heterocycles. The van der Waals surface area contributed by atoms with Crippen molar-refractivity contribution in [3.8, 4) is 0 Å². The zero-order chi connectivity index (χ0) is 15.7. The molecule has 0 radical (unpaired) electrons. The van der Waals surface area contributed by atoms with Crippen molar-refractivity contribution in [3.63, 3.8) is 0 Å². The van der Waals surface area contributed by atoms with E-state index in [1.54, 1.807) is 4.90 Å². The lowest BCUT2D eigenvalue weighted by Crippen LogP contribution is -2.37. The third-order valence-electron chi connectivity index (χ3n) is 3.34. The fraction of sp³-hybridized carbons (Fsp3) is 0.529. The zero-order valence-electron chi connectivity index (χ0n) is 13.3. The largest absolute Gasteiger partial charge is 0.343 e. The molecular weight excluding hydrogens is 264 g/mol. The first kappa shape index (κ1) is 17.2. The van der Waals surface area contributed by atoms with E-state index < -0.39 is 0 Å². The van der Waals surface area contributed by atoms with Crippen LogP contribution in [-0.4, -0.2) is 36.3 Å². The fourth-order valence-corrected chi connectivity index (χ4v) is 2.34. The van der Waals surface area contributed by atoms with E-state index in [1.807, 2.05) is 35.2 Å². The Balaban J connectivity index is 2.65. The first-order valence-electron chi connectivity index (χ1n) is 7.71. The summed E-state index contributed by atoms with van der Waals surface area (Å²) in [5.74, 6) is 0.0902. The van der Waals surface area contributed by atoms with E-state index in [1.165, 1.54) is 6.92 Å². The lowest BCUT2D eigenvalue weighted by Gasteiger charge is -2.25. The summed E-state index contributed by atoms with van der Waals surface area (Å²) in [5.41, 5.74) is 0.843. The predicted molar refractivity (Wildman–Crippen MR) is 86.2 cm³/mol. The Morgan fingerprint density at radius 3 is 2.00 bits per heavy atom. The smallest absolute Gasteiger partial charge is 0.224 e. The van der Waals surface area contributed by atoms with Crippen molar-refractivity contribution in [2.75, 3.05) is 24.5 Å². The molecule has 0 saturated carbocycles. The maximum atomic E-state index is 12.3. The maximum Gasteiger partial charge on any atom is 0.224 e. The van der Waals surface area contributed by atoms with Crippen molar-refractivity contribution in [2.45, 2.75) is 40.0 Å². The zero-order valence-corrected chi connectivity index (χ0v) is 13.3. The van der Waals surface area contributed by atoms with Crippen molar-refractivity contribution in [1.29, 1.82) is 0 Å². The molecule has 0 aromatic heterocycles. The summed E-state index contributed by atoms with van der Waals surface area (Å²) in [7, 11) is 0. The fourth-order valence-electron chi connectivity index (χ4n) is 2.34. The van der Waals surface area contributed by atoms with Gasteiger partial charge in [0.1, 0.15) is 0 Å². The Kier molecular flexibility index (Phi) is 7.51. The second kappa shape index (κ2) is 9.16. The van der Waals surface area contributed by atoms with E-state index in [2.05, 4.69) is 13.8 Å². The number of hydrogen-bond acceptors (Lipinski definition) is 2. The lowest BCUT2D eigenvalue weighted by molar-refractivity contribution is -0.131. The highest BCUT2D eigenvalue weighted by Crippen LogP contribution is 2.14. The summed E-state index contributed by atoms with van der Waals surface area (Å²) < 4.78 is 0. The van der Waals surface area contributed by atoms with Gasteiger partial charge in [0.05, 0.1) is 0 Å². The van der Waals surface area contributed by atoms with Crippen LogP contribution in [0.15, 0.2) is 30.3 Å². The maximum absolute atomic E-state index is 12.3. The SMILES string of the molecule is CCCN(CCC)C(=O)CCN(C(C)=O)c1ccccc1. The van der Waals surface area contributed by atoms with Gasteiger partial charge in [-0.15, -0.1) is 0 Å². The molecule has 0 heterocycles. The predicted octanol–water partition coefficient (Wildman–Crippen LogP) is 3.08. The quantitative estimate of drug-likeness (QED) is 0.738. The van der Waals surface area contributed by atoms with Crippen molar-refractivity contribution in [2.24, 2.45) is 0 Å². The molecule has 0 aliphatic heterocycles. The van der Waals surface area contributed by atoms with Crippen LogP contribution in [0.2, 0.25) is 0 Å². The van der Waals surface area contributed by atoms with Gasteiger partial charge in [-0.3, -0.25) is 9.59 Å². The highest BCUT2D eigenvalue weighted by molar-refractivity contribution is 5.92. The minimum atomic E-state index is -0.0356. The van der Waals surface area contributed by atoms with Gasteiger partial charge in [0.25, 0.3) is 0 Å². The van der Waals surface area contributed by atoms with Gasteiger partial charge in [-0.25, -0.2) is 0 Å². The highest BCUT2D eigenvalue weighted by atomic mass is 16.2. The third kappa shape index (κ3) is 5.58. The number of rotatable bonds is 8. The molecule has 0 unspecified atom stereocenters. The summed E-state index contributed by atoms with van der Waals surface area (Å²) in [6.07, 6.45) is 2.29. The first-order valence-corrected chi connectivity index (χ1v) is 7.71. The number of carbonyl (C=O) groups is 2. The molecule has 0 fully saturated rings. The van der Waals surface area contributed by atoms with E-state index >= 15 is 0 Å². The van der Waals surface area contributed by atoms with E-state index in [4.69, 9.17) is 0 Å². The van der Waals surface area contributed by atoms with Crippen LogP contribution in [0.4, 0.5) is 5.69 Å². The Labute approximate surface area is 127 Å². The van der Waals surface area contributed by atoms with Crippen LogP contribution in [0.25, 0.3) is 0 Å². The number of amides is 2. The molecule has 116 valence electrons. The lowest BCUT2D eigenvalue weighted by atomic mass is 10.2. The van der Waals surface area contributed by atoms with Gasteiger partial charge >= 0.3 is 0 Å². The van der Waals surface area contributed by atoms with Crippen LogP contribution in [0.5, 0.6) is 0 Å². The Morgan fingerprint density at radius 2 is 1.52 bits per heavy atom. The van der Waals surface area contributed by atoms with Crippen LogP contribution in [0.1, 0.15) is 40.0 Å². The summed E-state index contributed by atoms with van der Waals surface area (Å²) in [6.45, 7) is 7.69. The Morgan fingerprint density at radius 1 is 0.952 bits per heavy atom. The van der Waals surface area contributed by atoms with Gasteiger partial charge in [0, 0.05) is 38.7 Å². The summed E-state index contributed by atoms with van der Waals surface area (Å²) in [4.78, 5) is 27.6. The topological polar surface area (TPSA) is 40.6 Å². The van der Waals surface area contributed by atoms with Gasteiger partial charge in [-0.1, -0.05) is 32.0 Å². The Hall–Kier alpha value is -1.84. The van der Waals surface area contributed by atoms with Crippen LogP contribution < -0.4 is 4.90 Å². The summed E-state index contributed by atoms with van der Waals surface area (Å²) in [5, 5.41) is 0. The van der Waals surface area contributed by atoms with Crippen molar-refractivity contribution in [3.05, 3.63) is 30.3 Å². The molecule has 0 N–H and O–H groups in total. The van der Waals surface area contributed by atoms with Crippen LogP contribution in [-0.2, 0) is 9.59 Å². The second-order valence-corrected chi connectivity index (χ2v) is 5.14. The van der Waals surface area contributed by atoms with Gasteiger partial charge in [-0.05, 0) is 25.0 Å². The molecule has 0 atom stereocenters. The first-order chi connectivity index (χ1) is 10.1. The van der Waals surface area contributed by atoms with Crippen LogP contribution in [0.3, 0.4) is 0 Å². The number of anilines is 1. The second-order valence-electron chi connectivity index (χ2n) is 5.14. The molecule has 1 aromatic rings. The number of hydrogen-bond donors (Lipinski definition) is 0. The molecular formula is C17H26N2O2. The van der Waals surface area contributed by atoms with Gasteiger partial charge < -0.3 is 9.80 Å². The van der Waals surface area contributed by atoms with Crippen LogP contribution in [0, 0.1) is 0 Å². The molecule has 0 aliphatic carbocycles. The van der Waals surface area contributed by atoms with Gasteiger partial charge in [0.2, 0.25) is 11.8 Å². The number of nitrogens with zero attached hydrogens (tertiary/aromatic N) is 2. The number of benzene rings is 1. The van der Waals surface area contributed by atoms with Crippen LogP contribution >= 0.6 is 0 Å². The third-order valence-corrected chi connectivity index (χ3v) is 3.34. The average molecular weight is 290 g/mol. The molecule has 0 bridgehead atoms. The molecule has 0 spiro atoms. The van der Waals surface area contributed by atoms with Crippen molar-refractivity contribution < 1.29 is 9.59 Å². The molecule has 4 nitrogen and oxygen atoms in total. The minimum Gasteiger partial charge on any atom is -0.343 e. The number of carbonyl (C=O) groups excluding carboxylic acids is 2. The normalized spacial score (nSPS) is 10.2. The van der Waals surface area contributed by atoms with E-state index in [0.29, 0.717) is 13.0 Å². The summed E-state index contributed by atoms with van der Waals surface area (Å²) >= 11 is 0. The van der Waals surface area contributed by atoms with Crippen molar-refractivity contribution in [1.82, 2.24) is 4.90 Å². The molecule has 2 amide bonds. The summed E-state index contributed by atoms with van der Waals surface area (Å²) in [6, 6.07) is 9.49. The van der Waals surface area contributed by atoms with Gasteiger partial charge in [-0.2, -0.15) is 0 Å². The van der Waals surface area contributed by atoms with Gasteiger partial charge in [0.15, 0.2) is 0 Å². The average Bonchev–Trinajstić information content (AvgIpc) is 2.48. The Bertz CT molecular complexity index is 439. The number of para-hydroxylation sites is 1. The molecule has 1 rings (SSSR count). The molecule has 1 aromatic carbocycles. The minimum absolute atomic E-state index is 0.0356. The monoisotopic (exact) mass is 290 g/mol. The molecule has 21 heavy (non-hydrogen) atoms. The van der Waals surface area contributed by atoms with E-state index in [0.717, 1.165) is 31.6 Å². The van der Waals surface area contributed by atoms with E-state index in [-0.39, 0.29) is 11.8 Å². The van der Waals surface area contributed by atoms with E-state index in [9.17, 15) is 9.59 Å².